The van der Waals surface area contributed by atoms with E-state index in [-0.39, 0.29) is 11.3 Å². The molecule has 0 atom stereocenters. The molecule has 0 aromatic carbocycles. The van der Waals surface area contributed by atoms with Crippen molar-refractivity contribution in [3.63, 3.8) is 0 Å². The van der Waals surface area contributed by atoms with E-state index < -0.39 is 19.0 Å². The monoisotopic (exact) mass is 258 g/mol. The molecule has 0 saturated carbocycles. The van der Waals surface area contributed by atoms with Crippen molar-refractivity contribution in [3.05, 3.63) is 11.3 Å². The van der Waals surface area contributed by atoms with E-state index in [1.807, 2.05) is 11.9 Å². The van der Waals surface area contributed by atoms with Crippen LogP contribution in [0.25, 0.3) is 0 Å². The van der Waals surface area contributed by atoms with Crippen LogP contribution in [0.5, 0.6) is 0 Å². The van der Waals surface area contributed by atoms with Gasteiger partial charge in [-0.15, -0.1) is 0 Å². The summed E-state index contributed by atoms with van der Waals surface area (Å²) in [4.78, 5) is 15.4. The highest BCUT2D eigenvalue weighted by Gasteiger charge is 2.48. The molecule has 18 heavy (non-hydrogen) atoms. The fourth-order valence-electron chi connectivity index (χ4n) is 2.57. The van der Waals surface area contributed by atoms with Crippen LogP contribution in [0, 0.1) is 5.41 Å². The molecule has 0 spiro atoms. The van der Waals surface area contributed by atoms with Crippen LogP contribution in [-0.2, 0) is 4.79 Å². The molecule has 0 unspecified atom stereocenters. The Balaban J connectivity index is 2.22. The van der Waals surface area contributed by atoms with Gasteiger partial charge in [0.05, 0.1) is 13.1 Å². The highest BCUT2D eigenvalue weighted by molar-refractivity contribution is 5.95. The Morgan fingerprint density at radius 2 is 1.83 bits per heavy atom. The smallest absolute Gasteiger partial charge is 0.282 e. The van der Waals surface area contributed by atoms with Gasteiger partial charge >= 0.3 is 0 Å². The standard InChI is InChI=1S/C13H20F2N2O/c1-12(2,3)9-5-6-16(4)10(9)11(18)17-7-13(14,15)8-17/h5-8H2,1-4H3. The molecule has 0 radical (unpaired) electrons. The Labute approximate surface area is 106 Å². The van der Waals surface area contributed by atoms with Crippen LogP contribution in [0.4, 0.5) is 8.78 Å². The zero-order valence-corrected chi connectivity index (χ0v) is 11.4. The van der Waals surface area contributed by atoms with Gasteiger partial charge in [-0.05, 0) is 17.4 Å². The first-order valence-electron chi connectivity index (χ1n) is 6.24. The largest absolute Gasteiger partial charge is 0.370 e. The maximum atomic E-state index is 12.8. The van der Waals surface area contributed by atoms with Gasteiger partial charge in [-0.3, -0.25) is 4.79 Å². The minimum absolute atomic E-state index is 0.0941. The average Bonchev–Trinajstić information content (AvgIpc) is 2.54. The number of hydrogen-bond acceptors (Lipinski definition) is 2. The number of hydrogen-bond donors (Lipinski definition) is 0. The molecular formula is C13H20F2N2O. The minimum Gasteiger partial charge on any atom is -0.370 e. The van der Waals surface area contributed by atoms with Gasteiger partial charge < -0.3 is 9.80 Å². The van der Waals surface area contributed by atoms with Gasteiger partial charge in [-0.2, -0.15) is 0 Å². The van der Waals surface area contributed by atoms with Gasteiger partial charge in [0.25, 0.3) is 11.8 Å². The molecule has 0 aromatic rings. The topological polar surface area (TPSA) is 23.6 Å². The molecule has 0 aromatic heterocycles. The second-order valence-electron chi connectivity index (χ2n) is 6.27. The molecule has 1 fully saturated rings. The quantitative estimate of drug-likeness (QED) is 0.719. The zero-order valence-electron chi connectivity index (χ0n) is 11.4. The fraction of sp³-hybridized carbons (Fsp3) is 0.769. The van der Waals surface area contributed by atoms with E-state index in [0.29, 0.717) is 5.70 Å². The fourth-order valence-corrected chi connectivity index (χ4v) is 2.57. The summed E-state index contributed by atoms with van der Waals surface area (Å²) in [6.45, 7) is 6.07. The van der Waals surface area contributed by atoms with Crippen molar-refractivity contribution in [1.82, 2.24) is 9.80 Å². The summed E-state index contributed by atoms with van der Waals surface area (Å²) in [5.74, 6) is -2.94. The number of amides is 1. The molecule has 102 valence electrons. The predicted octanol–water partition coefficient (Wildman–Crippen LogP) is 2.10. The predicted molar refractivity (Wildman–Crippen MR) is 65.3 cm³/mol. The second-order valence-corrected chi connectivity index (χ2v) is 6.27. The van der Waals surface area contributed by atoms with Gasteiger partial charge in [0.1, 0.15) is 5.70 Å². The van der Waals surface area contributed by atoms with Crippen LogP contribution in [0.15, 0.2) is 11.3 Å². The Bertz CT molecular complexity index is 402. The van der Waals surface area contributed by atoms with Crippen molar-refractivity contribution in [2.45, 2.75) is 33.1 Å². The molecule has 3 nitrogen and oxygen atoms in total. The molecule has 1 saturated heterocycles. The summed E-state index contributed by atoms with van der Waals surface area (Å²) in [6, 6.07) is 0. The van der Waals surface area contributed by atoms with Gasteiger partial charge in [-0.25, -0.2) is 8.78 Å². The van der Waals surface area contributed by atoms with Crippen molar-refractivity contribution in [2.75, 3.05) is 26.7 Å². The molecule has 0 N–H and O–H groups in total. The van der Waals surface area contributed by atoms with Gasteiger partial charge in [0, 0.05) is 13.6 Å². The van der Waals surface area contributed by atoms with Crippen LogP contribution in [0.2, 0.25) is 0 Å². The van der Waals surface area contributed by atoms with Gasteiger partial charge in [0.15, 0.2) is 0 Å². The van der Waals surface area contributed by atoms with Crippen LogP contribution >= 0.6 is 0 Å². The summed E-state index contributed by atoms with van der Waals surface area (Å²) in [7, 11) is 1.85. The molecule has 2 aliphatic rings. The van der Waals surface area contributed by atoms with Crippen molar-refractivity contribution in [2.24, 2.45) is 5.41 Å². The lowest BCUT2D eigenvalue weighted by molar-refractivity contribution is -0.163. The molecule has 2 aliphatic heterocycles. The van der Waals surface area contributed by atoms with E-state index in [9.17, 15) is 13.6 Å². The van der Waals surface area contributed by atoms with E-state index in [2.05, 4.69) is 20.8 Å². The third-order valence-corrected chi connectivity index (χ3v) is 3.60. The number of carbonyl (C=O) groups is 1. The number of carbonyl (C=O) groups excluding carboxylic acids is 1. The lowest BCUT2D eigenvalue weighted by atomic mass is 9.84. The Morgan fingerprint density at radius 1 is 1.28 bits per heavy atom. The van der Waals surface area contributed by atoms with Crippen LogP contribution in [0.1, 0.15) is 27.2 Å². The van der Waals surface area contributed by atoms with E-state index in [1.54, 1.807) is 0 Å². The molecule has 5 heteroatoms. The van der Waals surface area contributed by atoms with Gasteiger partial charge in [-0.1, -0.05) is 20.8 Å². The van der Waals surface area contributed by atoms with E-state index in [1.165, 1.54) is 4.90 Å². The van der Waals surface area contributed by atoms with E-state index >= 15 is 0 Å². The van der Waals surface area contributed by atoms with Crippen LogP contribution in [0.3, 0.4) is 0 Å². The minimum atomic E-state index is -2.70. The second kappa shape index (κ2) is 3.93. The first-order valence-corrected chi connectivity index (χ1v) is 6.24. The van der Waals surface area contributed by atoms with Crippen molar-refractivity contribution >= 4 is 5.91 Å². The summed E-state index contributed by atoms with van der Waals surface area (Å²) >= 11 is 0. The first-order chi connectivity index (χ1) is 8.12. The number of halogens is 2. The number of nitrogens with zero attached hydrogens (tertiary/aromatic N) is 2. The summed E-state index contributed by atoms with van der Waals surface area (Å²) < 4.78 is 25.7. The zero-order chi connectivity index (χ0) is 13.7. The van der Waals surface area contributed by atoms with Crippen LogP contribution < -0.4 is 0 Å². The molecular weight excluding hydrogens is 238 g/mol. The average molecular weight is 258 g/mol. The third-order valence-electron chi connectivity index (χ3n) is 3.60. The normalized spacial score (nSPS) is 23.4. The maximum absolute atomic E-state index is 12.8. The van der Waals surface area contributed by atoms with Crippen molar-refractivity contribution < 1.29 is 13.6 Å². The molecule has 2 rings (SSSR count). The molecule has 0 bridgehead atoms. The SMILES string of the molecule is CN1CCC(C(C)(C)C)=C1C(=O)N1CC(F)(F)C1. The Hall–Kier alpha value is -1.13. The molecule has 1 amide bonds. The number of likely N-dealkylation sites (tertiary alicyclic amines) is 1. The van der Waals surface area contributed by atoms with Crippen LogP contribution in [-0.4, -0.2) is 48.3 Å². The molecule has 2 heterocycles. The lowest BCUT2D eigenvalue weighted by Gasteiger charge is -2.40. The number of likely N-dealkylation sites (N-methyl/N-ethyl adjacent to an activating group) is 1. The highest BCUT2D eigenvalue weighted by atomic mass is 19.3. The lowest BCUT2D eigenvalue weighted by Crippen LogP contribution is -2.59. The summed E-state index contributed by atoms with van der Waals surface area (Å²) in [5.41, 5.74) is 1.60. The van der Waals surface area contributed by atoms with Crippen molar-refractivity contribution in [1.29, 1.82) is 0 Å². The maximum Gasteiger partial charge on any atom is 0.282 e. The first kappa shape index (κ1) is 13.3. The Kier molecular flexibility index (Phi) is 2.91. The summed E-state index contributed by atoms with van der Waals surface area (Å²) in [6.07, 6.45) is 0.839. The van der Waals surface area contributed by atoms with Crippen molar-refractivity contribution in [3.8, 4) is 0 Å². The number of rotatable bonds is 1. The van der Waals surface area contributed by atoms with Gasteiger partial charge in [0.2, 0.25) is 0 Å². The Morgan fingerprint density at radius 3 is 2.28 bits per heavy atom. The summed E-state index contributed by atoms with van der Waals surface area (Å²) in [5, 5.41) is 0. The van der Waals surface area contributed by atoms with E-state index in [4.69, 9.17) is 0 Å². The third kappa shape index (κ3) is 2.22. The number of alkyl halides is 2. The highest BCUT2D eigenvalue weighted by Crippen LogP contribution is 2.38. The molecule has 0 aliphatic carbocycles. The van der Waals surface area contributed by atoms with E-state index in [0.717, 1.165) is 18.5 Å².